The van der Waals surface area contributed by atoms with E-state index in [9.17, 15) is 39.9 Å². The quantitative estimate of drug-likeness (QED) is 0.143. The van der Waals surface area contributed by atoms with Gasteiger partial charge in [-0.3, -0.25) is 14.7 Å². The Kier molecular flexibility index (Phi) is 19.9. The van der Waals surface area contributed by atoms with Gasteiger partial charge in [0, 0.05) is 104 Å². The number of ether oxygens (including phenoxy) is 3. The third-order valence-electron chi connectivity index (χ3n) is 12.7. The van der Waals surface area contributed by atoms with Crippen molar-refractivity contribution in [3.8, 4) is 0 Å². The van der Waals surface area contributed by atoms with Crippen LogP contribution in [0.5, 0.6) is 0 Å². The van der Waals surface area contributed by atoms with E-state index in [1.807, 2.05) is 12.1 Å². The number of pyridine rings is 3. The van der Waals surface area contributed by atoms with Gasteiger partial charge in [0.15, 0.2) is 18.2 Å². The first-order chi connectivity index (χ1) is 32.7. The van der Waals surface area contributed by atoms with Gasteiger partial charge in [-0.05, 0) is 89.1 Å². The van der Waals surface area contributed by atoms with Gasteiger partial charge in [-0.25, -0.2) is 9.37 Å². The molecule has 22 nitrogen and oxygen atoms in total. The number of halogens is 1. The maximum Gasteiger partial charge on any atom is 0.363 e. The zero-order chi connectivity index (χ0) is 48.4. The number of β-amino-alcohol motifs (C(OH)–C–C–N with tert-alkyl or cyclic N) is 3. The van der Waals surface area contributed by atoms with Gasteiger partial charge in [-0.15, -0.1) is 0 Å². The largest absolute Gasteiger partial charge is 0.387 e. The minimum Gasteiger partial charge on any atom is -0.387 e. The number of nitrogens with two attached hydrogens (primary N) is 1. The number of aromatic nitrogens is 3. The number of piperidine rings is 3. The number of anilines is 3. The summed E-state index contributed by atoms with van der Waals surface area (Å²) in [6.07, 6.45) is 9.61. The average Bonchev–Trinajstić information content (AvgIpc) is 3.33. The Bertz CT molecular complexity index is 1970. The minimum atomic E-state index is -0.767. The van der Waals surface area contributed by atoms with Gasteiger partial charge >= 0.3 is 11.6 Å². The van der Waals surface area contributed by atoms with E-state index in [0.717, 1.165) is 173 Å². The predicted octanol–water partition coefficient (Wildman–Crippen LogP) is 1.54. The van der Waals surface area contributed by atoms with Crippen molar-refractivity contribution in [2.75, 3.05) is 153 Å². The number of hydrogen-bond acceptors (Lipinski definition) is 20. The van der Waals surface area contributed by atoms with Crippen LogP contribution in [-0.2, 0) is 14.2 Å². The van der Waals surface area contributed by atoms with Crippen LogP contribution >= 0.6 is 0 Å². The van der Waals surface area contributed by atoms with Crippen LogP contribution in [0, 0.1) is 26.0 Å². The molecule has 3 aromatic heterocycles. The van der Waals surface area contributed by atoms with Crippen molar-refractivity contribution in [3.05, 3.63) is 81.0 Å². The van der Waals surface area contributed by atoms with Gasteiger partial charge in [0.1, 0.15) is 5.82 Å². The molecule has 23 heteroatoms. The molecule has 6 aliphatic heterocycles. The lowest BCUT2D eigenvalue weighted by atomic mass is 9.91. The van der Waals surface area contributed by atoms with Crippen molar-refractivity contribution >= 4 is 28.8 Å². The maximum absolute atomic E-state index is 12.1. The van der Waals surface area contributed by atoms with Gasteiger partial charge in [0.05, 0.1) is 74.0 Å². The van der Waals surface area contributed by atoms with E-state index < -0.39 is 32.5 Å². The summed E-state index contributed by atoms with van der Waals surface area (Å²) < 4.78 is 28.1. The molecule has 0 aromatic carbocycles. The molecule has 0 aliphatic carbocycles. The first-order valence-corrected chi connectivity index (χ1v) is 23.5. The lowest BCUT2D eigenvalue weighted by Crippen LogP contribution is -2.56. The molecule has 68 heavy (non-hydrogen) atoms. The Morgan fingerprint density at radius 3 is 1.41 bits per heavy atom. The highest BCUT2D eigenvalue weighted by atomic mass is 19.1. The van der Waals surface area contributed by atoms with Crippen LogP contribution in [0.3, 0.4) is 0 Å². The zero-order valence-corrected chi connectivity index (χ0v) is 38.9. The van der Waals surface area contributed by atoms with E-state index in [2.05, 4.69) is 44.8 Å². The topological polar surface area (TPSA) is 268 Å². The van der Waals surface area contributed by atoms with Crippen molar-refractivity contribution in [2.24, 2.45) is 0 Å². The van der Waals surface area contributed by atoms with E-state index in [-0.39, 0.29) is 11.6 Å². The number of nitrogen functional groups attached to an aromatic ring is 1. The number of nitrogens with one attached hydrogen (secondary N) is 1. The number of morpholine rings is 3. The van der Waals surface area contributed by atoms with Crippen molar-refractivity contribution in [1.29, 1.82) is 0 Å². The lowest BCUT2D eigenvalue weighted by Gasteiger charge is -2.43. The highest BCUT2D eigenvalue weighted by Gasteiger charge is 2.37. The fourth-order valence-electron chi connectivity index (χ4n) is 9.27. The Morgan fingerprint density at radius 1 is 0.603 bits per heavy atom. The first kappa shape index (κ1) is 52.5. The van der Waals surface area contributed by atoms with Crippen LogP contribution in [0.1, 0.15) is 38.5 Å². The summed E-state index contributed by atoms with van der Waals surface area (Å²) in [5.41, 5.74) is 5.56. The van der Waals surface area contributed by atoms with Crippen LogP contribution in [0.2, 0.25) is 0 Å². The molecule has 3 aromatic rings. The van der Waals surface area contributed by atoms with Crippen molar-refractivity contribution in [2.45, 2.75) is 55.3 Å². The summed E-state index contributed by atoms with van der Waals surface area (Å²) in [6.45, 7) is 16.9. The molecular weight excluding hydrogens is 888 g/mol. The zero-order valence-electron chi connectivity index (χ0n) is 38.9. The first-order valence-electron chi connectivity index (χ1n) is 23.5. The number of nitro groups is 2. The van der Waals surface area contributed by atoms with Crippen molar-refractivity contribution in [1.82, 2.24) is 35.0 Å². The van der Waals surface area contributed by atoms with Crippen LogP contribution in [0.15, 0.2) is 55.0 Å². The van der Waals surface area contributed by atoms with Crippen molar-refractivity contribution in [3.63, 3.8) is 0 Å². The monoisotopic (exact) mass is 957 g/mol. The Labute approximate surface area is 396 Å². The van der Waals surface area contributed by atoms with Gasteiger partial charge in [0.2, 0.25) is 0 Å². The highest BCUT2D eigenvalue weighted by Crippen LogP contribution is 2.29. The summed E-state index contributed by atoms with van der Waals surface area (Å²) >= 11 is 0. The van der Waals surface area contributed by atoms with Gasteiger partial charge < -0.3 is 70.6 Å². The molecule has 0 saturated carbocycles. The molecule has 3 atom stereocenters. The molecular formula is C45H69FN12O10. The number of nitrogens with zero attached hydrogens (tertiary/aromatic N) is 10. The minimum absolute atomic E-state index is 0.158. The maximum atomic E-state index is 12.1. The Balaban J connectivity index is 0.000000156. The molecule has 9 rings (SSSR count). The molecule has 9 heterocycles. The van der Waals surface area contributed by atoms with Crippen LogP contribution in [-0.4, -0.2) is 209 Å². The molecule has 6 N–H and O–H groups in total. The van der Waals surface area contributed by atoms with Gasteiger partial charge in [0.25, 0.3) is 0 Å². The Morgan fingerprint density at radius 2 is 1.03 bits per heavy atom. The molecule has 6 saturated heterocycles. The van der Waals surface area contributed by atoms with E-state index >= 15 is 0 Å². The summed E-state index contributed by atoms with van der Waals surface area (Å²) in [4.78, 5) is 41.7. The van der Waals surface area contributed by atoms with E-state index in [1.54, 1.807) is 12.3 Å². The lowest BCUT2D eigenvalue weighted by molar-refractivity contribution is -0.389. The van der Waals surface area contributed by atoms with E-state index in [4.69, 9.17) is 19.9 Å². The summed E-state index contributed by atoms with van der Waals surface area (Å²) in [5, 5.41) is 56.0. The third kappa shape index (κ3) is 17.0. The predicted molar refractivity (Wildman–Crippen MR) is 252 cm³/mol. The number of aliphatic hydroxyl groups is 3. The van der Waals surface area contributed by atoms with E-state index in [1.165, 1.54) is 12.3 Å². The fourth-order valence-corrected chi connectivity index (χ4v) is 9.27. The standard InChI is InChI=1S/C15H22N4O4.C15H24N4O2.C10H20N2O2.C5H3FN2O2/c20-15(11-17-6-8-23-9-7-17)4-1-5-18(12-15)13-2-3-14(16-10-13)19(21)22;16-14-3-2-13(10-17-14)19-5-1-4-15(20,12-19)11-18-6-8-21-9-7-18;13-10(2-1-3-11-8-10)9-12-4-6-14-7-5-12;6-4-1-2-5(7-3-4)8(9)10/h2-3,10,20H,1,4-9,11-12H2;2-3,10,20H,1,4-9,11-12H2,(H2,16,17);11,13H,1-9H2;1-3H. The molecule has 0 spiro atoms. The molecule has 0 radical (unpaired) electrons. The second-order valence-corrected chi connectivity index (χ2v) is 18.3. The average molecular weight is 957 g/mol. The molecule has 0 bridgehead atoms. The van der Waals surface area contributed by atoms with Gasteiger partial charge in [-0.2, -0.15) is 0 Å². The molecule has 0 amide bonds. The fraction of sp³-hybridized carbons (Fsp3) is 0.667. The van der Waals surface area contributed by atoms with Crippen LogP contribution < -0.4 is 20.9 Å². The van der Waals surface area contributed by atoms with Crippen LogP contribution in [0.4, 0.5) is 33.2 Å². The second kappa shape index (κ2) is 25.7. The van der Waals surface area contributed by atoms with E-state index in [0.29, 0.717) is 38.7 Å². The number of rotatable bonds is 10. The molecule has 6 fully saturated rings. The normalized spacial score (nSPS) is 26.2. The summed E-state index contributed by atoms with van der Waals surface area (Å²) in [6, 6.07) is 8.89. The van der Waals surface area contributed by atoms with Crippen molar-refractivity contribution < 1.29 is 43.8 Å². The van der Waals surface area contributed by atoms with Gasteiger partial charge in [-0.1, -0.05) is 0 Å². The molecule has 6 aliphatic rings. The van der Waals surface area contributed by atoms with Crippen LogP contribution in [0.25, 0.3) is 0 Å². The summed E-state index contributed by atoms with van der Waals surface area (Å²) in [5.74, 6) is -0.555. The Hall–Kier alpha value is -4.82. The smallest absolute Gasteiger partial charge is 0.363 e. The SMILES string of the molecule is Nc1ccc(N2CCCC(O)(CN3CCOCC3)C2)cn1.O=[N+]([O-])c1ccc(F)cn1.O=[N+]([O-])c1ccc(N2CCCC(O)(CN3CCOCC3)C2)cn1.OC1(CN2CCOCC2)CCCNC1. The second-order valence-electron chi connectivity index (χ2n) is 18.3. The summed E-state index contributed by atoms with van der Waals surface area (Å²) in [7, 11) is 0. The highest BCUT2D eigenvalue weighted by molar-refractivity contribution is 5.49. The third-order valence-corrected chi connectivity index (χ3v) is 12.7. The molecule has 3 unspecified atom stereocenters. The number of hydrogen-bond donors (Lipinski definition) is 5. The molecule has 376 valence electrons.